The van der Waals surface area contributed by atoms with Crippen LogP contribution < -0.4 is 5.32 Å². The molecule has 106 valence electrons. The maximum Gasteiger partial charge on any atom is 0.329 e. The average molecular weight is 266 g/mol. The first-order valence-electron chi connectivity index (χ1n) is 7.32. The third-order valence-electron chi connectivity index (χ3n) is 5.38. The molecule has 1 amide bonds. The molecule has 3 aliphatic rings. The molecule has 19 heavy (non-hydrogen) atoms. The first-order chi connectivity index (χ1) is 9.04. The summed E-state index contributed by atoms with van der Waals surface area (Å²) in [6, 6.07) is -0.149. The van der Waals surface area contributed by atoms with E-state index < -0.39 is 11.5 Å². The van der Waals surface area contributed by atoms with Gasteiger partial charge in [-0.05, 0) is 51.0 Å². The minimum absolute atomic E-state index is 0.0109. The maximum absolute atomic E-state index is 12.7. The summed E-state index contributed by atoms with van der Waals surface area (Å²) >= 11 is 0. The molecule has 3 rings (SSSR count). The van der Waals surface area contributed by atoms with Gasteiger partial charge in [0.05, 0.1) is 6.04 Å². The molecule has 2 N–H and O–H groups in total. The molecule has 0 aromatic rings. The molecule has 0 aromatic carbocycles. The van der Waals surface area contributed by atoms with E-state index >= 15 is 0 Å². The van der Waals surface area contributed by atoms with Crippen LogP contribution >= 0.6 is 0 Å². The molecule has 5 heteroatoms. The van der Waals surface area contributed by atoms with Crippen LogP contribution in [0.2, 0.25) is 0 Å². The van der Waals surface area contributed by atoms with Crippen LogP contribution in [0, 0.1) is 11.8 Å². The summed E-state index contributed by atoms with van der Waals surface area (Å²) in [7, 11) is 0. The van der Waals surface area contributed by atoms with Crippen LogP contribution in [-0.4, -0.2) is 46.6 Å². The van der Waals surface area contributed by atoms with E-state index in [0.717, 1.165) is 19.4 Å². The van der Waals surface area contributed by atoms with Gasteiger partial charge in [-0.25, -0.2) is 4.79 Å². The second kappa shape index (κ2) is 4.47. The van der Waals surface area contributed by atoms with Gasteiger partial charge in [0, 0.05) is 6.54 Å². The molecule has 2 saturated heterocycles. The molecule has 2 aliphatic heterocycles. The Morgan fingerprint density at radius 3 is 2.84 bits per heavy atom. The van der Waals surface area contributed by atoms with Gasteiger partial charge < -0.3 is 15.3 Å². The van der Waals surface area contributed by atoms with Crippen molar-refractivity contribution in [2.45, 2.75) is 50.6 Å². The zero-order valence-electron chi connectivity index (χ0n) is 11.4. The summed E-state index contributed by atoms with van der Waals surface area (Å²) in [6.45, 7) is 3.18. The normalized spacial score (nSPS) is 41.5. The molecular formula is C14H22N2O3. The van der Waals surface area contributed by atoms with Crippen LogP contribution in [0.3, 0.4) is 0 Å². The van der Waals surface area contributed by atoms with Crippen molar-refractivity contribution in [1.82, 2.24) is 10.2 Å². The van der Waals surface area contributed by atoms with Crippen LogP contribution in [0.1, 0.15) is 39.0 Å². The highest BCUT2D eigenvalue weighted by Crippen LogP contribution is 2.40. The van der Waals surface area contributed by atoms with E-state index in [9.17, 15) is 14.7 Å². The van der Waals surface area contributed by atoms with E-state index in [-0.39, 0.29) is 11.9 Å². The van der Waals surface area contributed by atoms with Crippen LogP contribution in [0.25, 0.3) is 0 Å². The SMILES string of the molecule is CC1(C(=O)O)CCCN1C(=O)C1NCC2CCCC21. The van der Waals surface area contributed by atoms with Crippen molar-refractivity contribution in [1.29, 1.82) is 0 Å². The highest BCUT2D eigenvalue weighted by atomic mass is 16.4. The van der Waals surface area contributed by atoms with Gasteiger partial charge in [-0.15, -0.1) is 0 Å². The number of rotatable bonds is 2. The fraction of sp³-hybridized carbons (Fsp3) is 0.857. The smallest absolute Gasteiger partial charge is 0.329 e. The molecule has 3 fully saturated rings. The predicted molar refractivity (Wildman–Crippen MR) is 69.6 cm³/mol. The van der Waals surface area contributed by atoms with E-state index in [1.54, 1.807) is 11.8 Å². The molecular weight excluding hydrogens is 244 g/mol. The Hall–Kier alpha value is -1.10. The van der Waals surface area contributed by atoms with Gasteiger partial charge in [0.15, 0.2) is 0 Å². The number of hydrogen-bond acceptors (Lipinski definition) is 3. The molecule has 4 atom stereocenters. The van der Waals surface area contributed by atoms with E-state index in [0.29, 0.717) is 24.8 Å². The van der Waals surface area contributed by atoms with Gasteiger partial charge in [-0.2, -0.15) is 0 Å². The topological polar surface area (TPSA) is 69.6 Å². The predicted octanol–water partition coefficient (Wildman–Crippen LogP) is 0.840. The Kier molecular flexibility index (Phi) is 3.04. The second-order valence-corrected chi connectivity index (χ2v) is 6.41. The molecule has 0 spiro atoms. The lowest BCUT2D eigenvalue weighted by Crippen LogP contribution is -2.56. The van der Waals surface area contributed by atoms with Crippen molar-refractivity contribution in [3.05, 3.63) is 0 Å². The van der Waals surface area contributed by atoms with Gasteiger partial charge in [0.25, 0.3) is 0 Å². The molecule has 5 nitrogen and oxygen atoms in total. The highest BCUT2D eigenvalue weighted by Gasteiger charge is 2.51. The summed E-state index contributed by atoms with van der Waals surface area (Å²) in [4.78, 5) is 25.8. The van der Waals surface area contributed by atoms with Crippen LogP contribution in [-0.2, 0) is 9.59 Å². The molecule has 0 aromatic heterocycles. The molecule has 0 bridgehead atoms. The minimum Gasteiger partial charge on any atom is -0.480 e. The third kappa shape index (κ3) is 1.86. The van der Waals surface area contributed by atoms with Crippen molar-refractivity contribution < 1.29 is 14.7 Å². The lowest BCUT2D eigenvalue weighted by molar-refractivity contribution is -0.156. The van der Waals surface area contributed by atoms with E-state index in [1.807, 2.05) is 0 Å². The zero-order chi connectivity index (χ0) is 13.6. The molecule has 0 radical (unpaired) electrons. The second-order valence-electron chi connectivity index (χ2n) is 6.41. The quantitative estimate of drug-likeness (QED) is 0.777. The van der Waals surface area contributed by atoms with Crippen LogP contribution in [0.4, 0.5) is 0 Å². The summed E-state index contributed by atoms with van der Waals surface area (Å²) in [5, 5.41) is 12.7. The number of nitrogens with one attached hydrogen (secondary N) is 1. The highest BCUT2D eigenvalue weighted by molar-refractivity contribution is 5.90. The number of carbonyl (C=O) groups excluding carboxylic acids is 1. The summed E-state index contributed by atoms with van der Waals surface area (Å²) in [5.41, 5.74) is -1.00. The van der Waals surface area contributed by atoms with Crippen molar-refractivity contribution in [2.24, 2.45) is 11.8 Å². The Balaban J connectivity index is 1.78. The number of carboxylic acid groups (broad SMARTS) is 1. The summed E-state index contributed by atoms with van der Waals surface area (Å²) in [6.07, 6.45) is 4.87. The Morgan fingerprint density at radius 1 is 1.32 bits per heavy atom. The fourth-order valence-electron chi connectivity index (χ4n) is 4.16. The molecule has 1 saturated carbocycles. The molecule has 1 aliphatic carbocycles. The van der Waals surface area contributed by atoms with Crippen molar-refractivity contribution in [3.8, 4) is 0 Å². The van der Waals surface area contributed by atoms with Crippen molar-refractivity contribution >= 4 is 11.9 Å². The lowest BCUT2D eigenvalue weighted by atomic mass is 9.92. The van der Waals surface area contributed by atoms with Crippen molar-refractivity contribution in [3.63, 3.8) is 0 Å². The van der Waals surface area contributed by atoms with E-state index in [1.165, 1.54) is 12.8 Å². The van der Waals surface area contributed by atoms with Crippen molar-refractivity contribution in [2.75, 3.05) is 13.1 Å². The monoisotopic (exact) mass is 266 g/mol. The Morgan fingerprint density at radius 2 is 2.11 bits per heavy atom. The summed E-state index contributed by atoms with van der Waals surface area (Å²) < 4.78 is 0. The minimum atomic E-state index is -1.00. The Bertz CT molecular complexity index is 411. The maximum atomic E-state index is 12.7. The molecule has 2 heterocycles. The number of hydrogen-bond donors (Lipinski definition) is 2. The number of carbonyl (C=O) groups is 2. The number of carboxylic acids is 1. The number of nitrogens with zero attached hydrogens (tertiary/aromatic N) is 1. The number of amides is 1. The number of aliphatic carboxylic acids is 1. The third-order valence-corrected chi connectivity index (χ3v) is 5.38. The first kappa shape index (κ1) is 12.9. The van der Waals surface area contributed by atoms with E-state index in [2.05, 4.69) is 5.32 Å². The summed E-state index contributed by atoms with van der Waals surface area (Å²) in [5.74, 6) is 0.176. The number of fused-ring (bicyclic) bond motifs is 1. The van der Waals surface area contributed by atoms with Gasteiger partial charge >= 0.3 is 5.97 Å². The fourth-order valence-corrected chi connectivity index (χ4v) is 4.16. The lowest BCUT2D eigenvalue weighted by Gasteiger charge is -2.34. The van der Waals surface area contributed by atoms with Gasteiger partial charge in [0.1, 0.15) is 5.54 Å². The first-order valence-corrected chi connectivity index (χ1v) is 7.32. The number of likely N-dealkylation sites (tertiary alicyclic amines) is 1. The van der Waals surface area contributed by atoms with Gasteiger partial charge in [-0.3, -0.25) is 4.79 Å². The Labute approximate surface area is 113 Å². The van der Waals surface area contributed by atoms with Gasteiger partial charge in [0.2, 0.25) is 5.91 Å². The van der Waals surface area contributed by atoms with Gasteiger partial charge in [-0.1, -0.05) is 6.42 Å². The standard InChI is InChI=1S/C14H22N2O3/c1-14(13(18)19)6-3-7-16(14)12(17)11-10-5-2-4-9(10)8-15-11/h9-11,15H,2-8H2,1H3,(H,18,19). The average Bonchev–Trinajstić information content (AvgIpc) is 3.01. The van der Waals surface area contributed by atoms with Crippen LogP contribution in [0.5, 0.6) is 0 Å². The van der Waals surface area contributed by atoms with Crippen LogP contribution in [0.15, 0.2) is 0 Å². The molecule has 4 unspecified atom stereocenters. The van der Waals surface area contributed by atoms with E-state index in [4.69, 9.17) is 0 Å². The zero-order valence-corrected chi connectivity index (χ0v) is 11.4. The largest absolute Gasteiger partial charge is 0.480 e.